The Morgan fingerprint density at radius 3 is 2.43 bits per heavy atom. The second kappa shape index (κ2) is 8.06. The maximum atomic E-state index is 13.7. The normalized spacial score (nSPS) is 14.2. The van der Waals surface area contributed by atoms with Crippen molar-refractivity contribution in [3.05, 3.63) is 121 Å². The summed E-state index contributed by atoms with van der Waals surface area (Å²) < 4.78 is 4.63. The molecule has 3 aromatic carbocycles. The Kier molecular flexibility index (Phi) is 4.91. The van der Waals surface area contributed by atoms with E-state index in [-0.39, 0.29) is 5.69 Å². The first-order valence-corrected chi connectivity index (χ1v) is 11.8. The van der Waals surface area contributed by atoms with Crippen LogP contribution in [0.4, 0.5) is 11.4 Å². The first kappa shape index (κ1) is 22.5. The number of nitrogens with one attached hydrogen (secondary N) is 1. The minimum atomic E-state index is -0.562. The number of benzene rings is 3. The molecule has 0 amide bonds. The van der Waals surface area contributed by atoms with Gasteiger partial charge in [0.25, 0.3) is 11.2 Å². The summed E-state index contributed by atoms with van der Waals surface area (Å²) in [6.45, 7) is 1.99. The summed E-state index contributed by atoms with van der Waals surface area (Å²) in [6.07, 6.45) is 0. The minimum Gasteiger partial charge on any atom is -0.371 e. The van der Waals surface area contributed by atoms with E-state index in [4.69, 9.17) is 0 Å². The van der Waals surface area contributed by atoms with Gasteiger partial charge in [-0.15, -0.1) is 0 Å². The lowest BCUT2D eigenvalue weighted by Crippen LogP contribution is -2.37. The van der Waals surface area contributed by atoms with Crippen molar-refractivity contribution in [1.29, 1.82) is 0 Å². The Balaban J connectivity index is 1.84. The van der Waals surface area contributed by atoms with Crippen molar-refractivity contribution in [3.63, 3.8) is 0 Å². The summed E-state index contributed by atoms with van der Waals surface area (Å²) in [6, 6.07) is 21.5. The lowest BCUT2D eigenvalue weighted by atomic mass is 9.99. The smallest absolute Gasteiger partial charge is 0.331 e. The number of aryl methyl sites for hydroxylation is 2. The summed E-state index contributed by atoms with van der Waals surface area (Å²) >= 11 is 0. The molecule has 37 heavy (non-hydrogen) atoms. The van der Waals surface area contributed by atoms with Gasteiger partial charge >= 0.3 is 5.69 Å². The monoisotopic (exact) mass is 493 g/mol. The Hall–Kier alpha value is -4.92. The molecule has 0 bridgehead atoms. The third kappa shape index (κ3) is 3.24. The molecule has 0 spiro atoms. The van der Waals surface area contributed by atoms with Crippen molar-refractivity contribution >= 4 is 22.3 Å². The highest BCUT2D eigenvalue weighted by Gasteiger charge is 2.35. The van der Waals surface area contributed by atoms with E-state index in [1.54, 1.807) is 13.1 Å². The number of nitrogens with zero attached hydrogens (tertiary/aromatic N) is 4. The van der Waals surface area contributed by atoms with Gasteiger partial charge in [-0.2, -0.15) is 0 Å². The molecule has 184 valence electrons. The van der Waals surface area contributed by atoms with Crippen LogP contribution >= 0.6 is 0 Å². The van der Waals surface area contributed by atoms with Crippen LogP contribution in [-0.4, -0.2) is 18.6 Å². The molecule has 0 saturated carbocycles. The predicted octanol–water partition coefficient (Wildman–Crippen LogP) is 4.43. The lowest BCUT2D eigenvalue weighted by Gasteiger charge is -2.31. The molecule has 3 heterocycles. The van der Waals surface area contributed by atoms with Crippen LogP contribution in [0.2, 0.25) is 0 Å². The van der Waals surface area contributed by atoms with E-state index in [0.717, 1.165) is 27.1 Å². The molecule has 9 nitrogen and oxygen atoms in total. The molecular formula is C28H23N5O4. The van der Waals surface area contributed by atoms with Gasteiger partial charge in [-0.1, -0.05) is 48.0 Å². The van der Waals surface area contributed by atoms with Crippen molar-refractivity contribution in [2.45, 2.75) is 13.0 Å². The molecular weight excluding hydrogens is 470 g/mol. The Morgan fingerprint density at radius 2 is 1.68 bits per heavy atom. The SMILES string of the molecule is Cc1cccc(-c2c3c(=O)n(C)c(=O)n(C)c3c3n2-c2ccccc2N[C@H]3c2cccc([N+](=O)[O-])c2)c1. The largest absolute Gasteiger partial charge is 0.371 e. The van der Waals surface area contributed by atoms with Crippen LogP contribution in [0, 0.1) is 17.0 Å². The van der Waals surface area contributed by atoms with E-state index in [0.29, 0.717) is 27.9 Å². The molecule has 1 atom stereocenters. The first-order valence-electron chi connectivity index (χ1n) is 11.8. The number of para-hydroxylation sites is 2. The summed E-state index contributed by atoms with van der Waals surface area (Å²) in [5.41, 5.74) is 5.09. The van der Waals surface area contributed by atoms with Gasteiger partial charge in [0.15, 0.2) is 0 Å². The van der Waals surface area contributed by atoms with Gasteiger partial charge in [-0.3, -0.25) is 24.0 Å². The molecule has 0 radical (unpaired) electrons. The molecule has 1 N–H and O–H groups in total. The van der Waals surface area contributed by atoms with E-state index < -0.39 is 22.2 Å². The van der Waals surface area contributed by atoms with Crippen molar-refractivity contribution in [1.82, 2.24) is 13.7 Å². The van der Waals surface area contributed by atoms with Crippen LogP contribution in [0.25, 0.3) is 27.8 Å². The Morgan fingerprint density at radius 1 is 0.919 bits per heavy atom. The summed E-state index contributed by atoms with van der Waals surface area (Å²) in [5, 5.41) is 15.5. The molecule has 9 heteroatoms. The number of non-ortho nitro benzene ring substituents is 1. The molecule has 0 unspecified atom stereocenters. The summed E-state index contributed by atoms with van der Waals surface area (Å²) in [7, 11) is 3.13. The summed E-state index contributed by atoms with van der Waals surface area (Å²) in [4.78, 5) is 38.0. The number of aromatic nitrogens is 3. The van der Waals surface area contributed by atoms with E-state index in [1.807, 2.05) is 66.1 Å². The van der Waals surface area contributed by atoms with Crippen LogP contribution in [0.15, 0.2) is 82.4 Å². The molecule has 0 saturated heterocycles. The zero-order valence-electron chi connectivity index (χ0n) is 20.4. The molecule has 6 rings (SSSR count). The molecule has 0 aliphatic carbocycles. The van der Waals surface area contributed by atoms with Crippen LogP contribution < -0.4 is 16.6 Å². The van der Waals surface area contributed by atoms with Gasteiger partial charge in [-0.05, 0) is 36.2 Å². The molecule has 0 fully saturated rings. The number of rotatable bonds is 3. The fourth-order valence-electron chi connectivity index (χ4n) is 5.35. The second-order valence-electron chi connectivity index (χ2n) is 9.31. The topological polar surface area (TPSA) is 104 Å². The zero-order valence-corrected chi connectivity index (χ0v) is 20.4. The number of hydrogen-bond donors (Lipinski definition) is 1. The highest BCUT2D eigenvalue weighted by molar-refractivity contribution is 5.99. The number of nitro groups is 1. The summed E-state index contributed by atoms with van der Waals surface area (Å²) in [5.74, 6) is 0. The number of fused-ring (bicyclic) bond motifs is 5. The highest BCUT2D eigenvalue weighted by Crippen LogP contribution is 2.45. The maximum Gasteiger partial charge on any atom is 0.331 e. The standard InChI is InChI=1S/C28H23N5O4/c1-16-8-6-10-18(14-16)24-22-25(30(2)28(35)31(3)27(22)34)26-23(17-9-7-11-19(15-17)33(36)37)29-20-12-4-5-13-21(20)32(24)26/h4-15,23,29H,1-3H3/t23-/m0/s1. The third-order valence-electron chi connectivity index (χ3n) is 7.03. The number of anilines is 1. The quantitative estimate of drug-likeness (QED) is 0.296. The average Bonchev–Trinajstić information content (AvgIpc) is 3.27. The molecule has 1 aliphatic heterocycles. The van der Waals surface area contributed by atoms with Crippen molar-refractivity contribution in [2.75, 3.05) is 5.32 Å². The Bertz CT molecular complexity index is 1880. The van der Waals surface area contributed by atoms with E-state index in [9.17, 15) is 19.7 Å². The fourth-order valence-corrected chi connectivity index (χ4v) is 5.35. The zero-order chi connectivity index (χ0) is 26.0. The maximum absolute atomic E-state index is 13.7. The van der Waals surface area contributed by atoms with Gasteiger partial charge in [0.1, 0.15) is 0 Å². The van der Waals surface area contributed by atoms with Crippen molar-refractivity contribution < 1.29 is 4.92 Å². The molecule has 1 aliphatic rings. The van der Waals surface area contributed by atoms with Gasteiger partial charge in [-0.25, -0.2) is 4.79 Å². The van der Waals surface area contributed by atoms with E-state index in [1.165, 1.54) is 23.7 Å². The van der Waals surface area contributed by atoms with Crippen LogP contribution in [-0.2, 0) is 14.1 Å². The van der Waals surface area contributed by atoms with E-state index >= 15 is 0 Å². The van der Waals surface area contributed by atoms with Gasteiger partial charge in [0.2, 0.25) is 0 Å². The van der Waals surface area contributed by atoms with Crippen LogP contribution in [0.5, 0.6) is 0 Å². The average molecular weight is 494 g/mol. The highest BCUT2D eigenvalue weighted by atomic mass is 16.6. The van der Waals surface area contributed by atoms with Gasteiger partial charge < -0.3 is 9.88 Å². The van der Waals surface area contributed by atoms with Crippen molar-refractivity contribution in [2.24, 2.45) is 14.1 Å². The molecule has 2 aromatic heterocycles. The first-order chi connectivity index (χ1) is 17.8. The van der Waals surface area contributed by atoms with Crippen molar-refractivity contribution in [3.8, 4) is 16.9 Å². The number of nitro benzene ring substituents is 1. The lowest BCUT2D eigenvalue weighted by molar-refractivity contribution is -0.384. The fraction of sp³-hybridized carbons (Fsp3) is 0.143. The minimum absolute atomic E-state index is 0.0377. The van der Waals surface area contributed by atoms with Gasteiger partial charge in [0, 0.05) is 26.2 Å². The van der Waals surface area contributed by atoms with Crippen LogP contribution in [0.1, 0.15) is 22.9 Å². The van der Waals surface area contributed by atoms with E-state index in [2.05, 4.69) is 5.32 Å². The molecule has 5 aromatic rings. The third-order valence-corrected chi connectivity index (χ3v) is 7.03. The predicted molar refractivity (Wildman–Crippen MR) is 142 cm³/mol. The Labute approximate surface area is 211 Å². The number of hydrogen-bond acceptors (Lipinski definition) is 5. The van der Waals surface area contributed by atoms with Gasteiger partial charge in [0.05, 0.1) is 44.6 Å². The van der Waals surface area contributed by atoms with Crippen LogP contribution in [0.3, 0.4) is 0 Å². The second-order valence-corrected chi connectivity index (χ2v) is 9.31.